The van der Waals surface area contributed by atoms with Gasteiger partial charge in [0.05, 0.1) is 18.5 Å². The molecule has 1 saturated heterocycles. The standard InChI is InChI=1S/C7H16N2.C4H6N2O/c1-9-4-2-7(6-8)3-5-9;5-2-1-4(6)3-7/h7H,2-6,8H2,1H3;3-4H,1,6H2/t;4-/m.1/s1. The molecule has 0 aromatic rings. The van der Waals surface area contributed by atoms with E-state index < -0.39 is 6.04 Å². The topological polar surface area (TPSA) is 96.1 Å². The van der Waals surface area contributed by atoms with E-state index in [-0.39, 0.29) is 6.42 Å². The van der Waals surface area contributed by atoms with E-state index in [0.29, 0.717) is 6.29 Å². The summed E-state index contributed by atoms with van der Waals surface area (Å²) in [5.74, 6) is 0.807. The van der Waals surface area contributed by atoms with Gasteiger partial charge >= 0.3 is 0 Å². The van der Waals surface area contributed by atoms with Crippen LogP contribution in [0.4, 0.5) is 0 Å². The molecule has 0 radical (unpaired) electrons. The average molecular weight is 226 g/mol. The lowest BCUT2D eigenvalue weighted by molar-refractivity contribution is -0.108. The lowest BCUT2D eigenvalue weighted by Crippen LogP contribution is -2.33. The molecule has 4 N–H and O–H groups in total. The molecule has 0 bridgehead atoms. The lowest BCUT2D eigenvalue weighted by atomic mass is 9.98. The van der Waals surface area contributed by atoms with Crippen molar-refractivity contribution in [2.45, 2.75) is 25.3 Å². The number of piperidine rings is 1. The first kappa shape index (κ1) is 15.0. The smallest absolute Gasteiger partial charge is 0.137 e. The molecule has 0 aromatic carbocycles. The summed E-state index contributed by atoms with van der Waals surface area (Å²) in [5.41, 5.74) is 10.5. The van der Waals surface area contributed by atoms with Crippen molar-refractivity contribution in [3.05, 3.63) is 0 Å². The van der Waals surface area contributed by atoms with Crippen LogP contribution in [0.1, 0.15) is 19.3 Å². The van der Waals surface area contributed by atoms with Gasteiger partial charge in [0.15, 0.2) is 0 Å². The molecular formula is C11H22N4O. The fourth-order valence-corrected chi connectivity index (χ4v) is 1.45. The SMILES string of the molecule is CN1CCC(CN)CC1.N#CC[C@@H](N)C=O. The van der Waals surface area contributed by atoms with Crippen molar-refractivity contribution in [3.63, 3.8) is 0 Å². The molecular weight excluding hydrogens is 204 g/mol. The van der Waals surface area contributed by atoms with Crippen LogP contribution in [-0.2, 0) is 4.79 Å². The third kappa shape index (κ3) is 7.35. The van der Waals surface area contributed by atoms with Gasteiger partial charge in [0.25, 0.3) is 0 Å². The van der Waals surface area contributed by atoms with Crippen LogP contribution in [0.15, 0.2) is 0 Å². The fraction of sp³-hybridized carbons (Fsp3) is 0.818. The molecule has 1 atom stereocenters. The van der Waals surface area contributed by atoms with Gasteiger partial charge in [-0.2, -0.15) is 5.26 Å². The summed E-state index contributed by atoms with van der Waals surface area (Å²) in [4.78, 5) is 12.0. The summed E-state index contributed by atoms with van der Waals surface area (Å²) in [6.45, 7) is 3.36. The predicted molar refractivity (Wildman–Crippen MR) is 63.5 cm³/mol. The monoisotopic (exact) mass is 226 g/mol. The highest BCUT2D eigenvalue weighted by molar-refractivity contribution is 5.57. The van der Waals surface area contributed by atoms with E-state index in [2.05, 4.69) is 11.9 Å². The Kier molecular flexibility index (Phi) is 8.72. The Morgan fingerprint density at radius 3 is 2.44 bits per heavy atom. The number of nitrogens with two attached hydrogens (primary N) is 2. The van der Waals surface area contributed by atoms with Gasteiger partial charge in [-0.1, -0.05) is 0 Å². The molecule has 0 unspecified atom stereocenters. The number of carbonyl (C=O) groups excluding carboxylic acids is 1. The highest BCUT2D eigenvalue weighted by Crippen LogP contribution is 2.13. The van der Waals surface area contributed by atoms with Crippen LogP contribution in [0.25, 0.3) is 0 Å². The van der Waals surface area contributed by atoms with Crippen molar-refractivity contribution in [1.29, 1.82) is 5.26 Å². The van der Waals surface area contributed by atoms with Crippen molar-refractivity contribution in [1.82, 2.24) is 4.90 Å². The minimum absolute atomic E-state index is 0.115. The minimum atomic E-state index is -0.593. The first-order chi connectivity index (χ1) is 7.63. The maximum atomic E-state index is 9.62. The largest absolute Gasteiger partial charge is 0.330 e. The van der Waals surface area contributed by atoms with Gasteiger partial charge in [0.2, 0.25) is 0 Å². The molecule has 1 rings (SSSR count). The number of likely N-dealkylation sites (tertiary alicyclic amines) is 1. The van der Waals surface area contributed by atoms with E-state index in [1.165, 1.54) is 25.9 Å². The highest BCUT2D eigenvalue weighted by atomic mass is 16.1. The second kappa shape index (κ2) is 9.28. The second-order valence-electron chi connectivity index (χ2n) is 4.14. The normalized spacial score (nSPS) is 19.1. The van der Waals surface area contributed by atoms with Crippen LogP contribution in [0.3, 0.4) is 0 Å². The van der Waals surface area contributed by atoms with Crippen molar-refractivity contribution >= 4 is 6.29 Å². The Bertz CT molecular complexity index is 219. The predicted octanol–water partition coefficient (Wildman–Crippen LogP) is -0.287. The van der Waals surface area contributed by atoms with Crippen LogP contribution in [0.5, 0.6) is 0 Å². The zero-order valence-electron chi connectivity index (χ0n) is 9.93. The zero-order valence-corrected chi connectivity index (χ0v) is 9.93. The summed E-state index contributed by atoms with van der Waals surface area (Å²) in [5, 5.41) is 7.88. The van der Waals surface area contributed by atoms with Gasteiger partial charge in [-0.05, 0) is 45.4 Å². The maximum absolute atomic E-state index is 9.62. The summed E-state index contributed by atoms with van der Waals surface area (Å²) < 4.78 is 0. The van der Waals surface area contributed by atoms with Crippen molar-refractivity contribution < 1.29 is 4.79 Å². The van der Waals surface area contributed by atoms with E-state index in [1.807, 2.05) is 0 Å². The summed E-state index contributed by atoms with van der Waals surface area (Å²) in [7, 11) is 2.17. The first-order valence-corrected chi connectivity index (χ1v) is 5.60. The van der Waals surface area contributed by atoms with E-state index in [1.54, 1.807) is 6.07 Å². The number of nitriles is 1. The minimum Gasteiger partial charge on any atom is -0.330 e. The van der Waals surface area contributed by atoms with Crippen molar-refractivity contribution in [2.75, 3.05) is 26.7 Å². The van der Waals surface area contributed by atoms with E-state index in [9.17, 15) is 4.79 Å². The lowest BCUT2D eigenvalue weighted by Gasteiger charge is -2.27. The number of hydrogen-bond donors (Lipinski definition) is 2. The third-order valence-corrected chi connectivity index (χ3v) is 2.67. The molecule has 1 aliphatic heterocycles. The van der Waals surface area contributed by atoms with Crippen LogP contribution >= 0.6 is 0 Å². The van der Waals surface area contributed by atoms with Crippen LogP contribution < -0.4 is 11.5 Å². The quantitative estimate of drug-likeness (QED) is 0.645. The van der Waals surface area contributed by atoms with Gasteiger partial charge in [0.1, 0.15) is 6.29 Å². The molecule has 5 nitrogen and oxygen atoms in total. The first-order valence-electron chi connectivity index (χ1n) is 5.60. The number of carbonyl (C=O) groups is 1. The van der Waals surface area contributed by atoms with Gasteiger partial charge < -0.3 is 21.2 Å². The Balaban J connectivity index is 0.000000293. The van der Waals surface area contributed by atoms with E-state index in [0.717, 1.165) is 12.5 Å². The number of aldehydes is 1. The maximum Gasteiger partial charge on any atom is 0.137 e. The molecule has 1 fully saturated rings. The Hall–Kier alpha value is -0.960. The summed E-state index contributed by atoms with van der Waals surface area (Å²) >= 11 is 0. The second-order valence-corrected chi connectivity index (χ2v) is 4.14. The Morgan fingerprint density at radius 1 is 1.56 bits per heavy atom. The van der Waals surface area contributed by atoms with Gasteiger partial charge in [-0.3, -0.25) is 0 Å². The number of hydrogen-bond acceptors (Lipinski definition) is 5. The molecule has 0 aromatic heterocycles. The van der Waals surface area contributed by atoms with Gasteiger partial charge in [0, 0.05) is 0 Å². The Labute approximate surface area is 97.4 Å². The Morgan fingerprint density at radius 2 is 2.12 bits per heavy atom. The molecule has 0 aliphatic carbocycles. The molecule has 5 heteroatoms. The average Bonchev–Trinajstić information content (AvgIpc) is 2.31. The summed E-state index contributed by atoms with van der Waals surface area (Å²) in [6.07, 6.45) is 3.27. The molecule has 1 heterocycles. The molecule has 0 saturated carbocycles. The van der Waals surface area contributed by atoms with E-state index in [4.69, 9.17) is 16.7 Å². The van der Waals surface area contributed by atoms with Gasteiger partial charge in [-0.25, -0.2) is 0 Å². The van der Waals surface area contributed by atoms with Crippen LogP contribution in [0.2, 0.25) is 0 Å². The number of rotatable bonds is 3. The zero-order chi connectivity index (χ0) is 12.4. The van der Waals surface area contributed by atoms with Gasteiger partial charge in [-0.15, -0.1) is 0 Å². The van der Waals surface area contributed by atoms with Crippen LogP contribution in [0, 0.1) is 17.2 Å². The van der Waals surface area contributed by atoms with Crippen molar-refractivity contribution in [3.8, 4) is 6.07 Å². The molecule has 0 amide bonds. The van der Waals surface area contributed by atoms with E-state index >= 15 is 0 Å². The fourth-order valence-electron chi connectivity index (χ4n) is 1.45. The third-order valence-electron chi connectivity index (χ3n) is 2.67. The molecule has 92 valence electrons. The van der Waals surface area contributed by atoms with Crippen molar-refractivity contribution in [2.24, 2.45) is 17.4 Å². The summed E-state index contributed by atoms with van der Waals surface area (Å²) in [6, 6.07) is 1.17. The molecule has 0 spiro atoms. The van der Waals surface area contributed by atoms with Crippen LogP contribution in [-0.4, -0.2) is 43.9 Å². The molecule has 16 heavy (non-hydrogen) atoms. The number of nitrogens with zero attached hydrogens (tertiary/aromatic N) is 2. The molecule has 1 aliphatic rings. The highest BCUT2D eigenvalue weighted by Gasteiger charge is 2.13.